The van der Waals surface area contributed by atoms with Crippen LogP contribution in [0.15, 0.2) is 18.2 Å². The number of benzene rings is 1. The second-order valence-electron chi connectivity index (χ2n) is 9.22. The minimum Gasteiger partial charge on any atom is -0.322 e. The quantitative estimate of drug-likeness (QED) is 0.661. The summed E-state index contributed by atoms with van der Waals surface area (Å²) in [7, 11) is 0. The molecule has 1 aromatic rings. The van der Waals surface area contributed by atoms with Crippen LogP contribution >= 0.6 is 0 Å². The van der Waals surface area contributed by atoms with E-state index in [1.165, 1.54) is 12.8 Å². The summed E-state index contributed by atoms with van der Waals surface area (Å²) in [6.07, 6.45) is 3.25. The highest BCUT2D eigenvalue weighted by molar-refractivity contribution is 6.05. The summed E-state index contributed by atoms with van der Waals surface area (Å²) in [6.45, 7) is 7.60. The molecule has 4 heterocycles. The van der Waals surface area contributed by atoms with Crippen LogP contribution in [-0.2, 0) is 22.7 Å². The zero-order valence-corrected chi connectivity index (χ0v) is 17.9. The Morgan fingerprint density at radius 2 is 1.81 bits per heavy atom. The van der Waals surface area contributed by atoms with E-state index in [0.717, 1.165) is 62.5 Å². The number of hydrogen-bond acceptors (Lipinski definition) is 6. The van der Waals surface area contributed by atoms with E-state index in [9.17, 15) is 14.4 Å². The average molecular weight is 426 g/mol. The fourth-order valence-corrected chi connectivity index (χ4v) is 5.42. The van der Waals surface area contributed by atoms with E-state index < -0.39 is 6.04 Å². The molecule has 3 fully saturated rings. The first-order valence-electron chi connectivity index (χ1n) is 11.5. The number of piperidine rings is 1. The molecular formula is C23H31N5O3. The summed E-state index contributed by atoms with van der Waals surface area (Å²) >= 11 is 0. The molecule has 0 bridgehead atoms. The molecule has 0 aromatic heterocycles. The van der Waals surface area contributed by atoms with Crippen LogP contribution < -0.4 is 10.6 Å². The Bertz CT molecular complexity index is 874. The fourth-order valence-electron chi connectivity index (χ4n) is 5.42. The molecule has 0 spiro atoms. The molecule has 0 aliphatic carbocycles. The third-order valence-electron chi connectivity index (χ3n) is 7.14. The van der Waals surface area contributed by atoms with Gasteiger partial charge in [0.05, 0.1) is 0 Å². The summed E-state index contributed by atoms with van der Waals surface area (Å²) in [5.41, 5.74) is 2.78. The molecule has 166 valence electrons. The lowest BCUT2D eigenvalue weighted by Gasteiger charge is -2.36. The van der Waals surface area contributed by atoms with E-state index in [4.69, 9.17) is 0 Å². The lowest BCUT2D eigenvalue weighted by Crippen LogP contribution is -2.52. The van der Waals surface area contributed by atoms with Crippen LogP contribution in [0.5, 0.6) is 0 Å². The monoisotopic (exact) mass is 425 g/mol. The van der Waals surface area contributed by atoms with Gasteiger partial charge in [0.2, 0.25) is 11.8 Å². The highest BCUT2D eigenvalue weighted by atomic mass is 16.2. The molecule has 0 saturated carbocycles. The van der Waals surface area contributed by atoms with Gasteiger partial charge < -0.3 is 10.2 Å². The van der Waals surface area contributed by atoms with Crippen molar-refractivity contribution in [2.75, 3.05) is 39.3 Å². The van der Waals surface area contributed by atoms with Crippen molar-refractivity contribution in [2.24, 2.45) is 0 Å². The van der Waals surface area contributed by atoms with Gasteiger partial charge in [-0.1, -0.05) is 18.2 Å². The Hall–Kier alpha value is -2.29. The summed E-state index contributed by atoms with van der Waals surface area (Å²) < 4.78 is 0. The van der Waals surface area contributed by atoms with Crippen molar-refractivity contribution in [2.45, 2.75) is 50.9 Å². The second kappa shape index (κ2) is 8.68. The van der Waals surface area contributed by atoms with Crippen molar-refractivity contribution in [1.29, 1.82) is 0 Å². The topological polar surface area (TPSA) is 85.0 Å². The molecule has 4 aliphatic rings. The smallest absolute Gasteiger partial charge is 0.255 e. The van der Waals surface area contributed by atoms with Gasteiger partial charge in [-0.2, -0.15) is 0 Å². The predicted octanol–water partition coefficient (Wildman–Crippen LogP) is 0.317. The molecular weight excluding hydrogens is 394 g/mol. The third-order valence-corrected chi connectivity index (χ3v) is 7.14. The minimum absolute atomic E-state index is 0.0777. The Morgan fingerprint density at radius 3 is 2.55 bits per heavy atom. The maximum atomic E-state index is 13.3. The maximum absolute atomic E-state index is 13.3. The average Bonchev–Trinajstić information content (AvgIpc) is 3.38. The van der Waals surface area contributed by atoms with E-state index >= 15 is 0 Å². The van der Waals surface area contributed by atoms with Crippen molar-refractivity contribution >= 4 is 17.7 Å². The molecule has 1 aromatic carbocycles. The lowest BCUT2D eigenvalue weighted by molar-refractivity contribution is -0.136. The first-order chi connectivity index (χ1) is 15.1. The number of piperazine rings is 1. The van der Waals surface area contributed by atoms with Gasteiger partial charge >= 0.3 is 0 Å². The van der Waals surface area contributed by atoms with Gasteiger partial charge in [0.25, 0.3) is 5.91 Å². The number of nitrogens with zero attached hydrogens (tertiary/aromatic N) is 3. The molecule has 2 N–H and O–H groups in total. The highest BCUT2D eigenvalue weighted by Crippen LogP contribution is 2.30. The Labute approximate surface area is 182 Å². The van der Waals surface area contributed by atoms with Gasteiger partial charge in [0.1, 0.15) is 6.04 Å². The number of fused-ring (bicyclic) bond motifs is 1. The number of hydrogen-bond donors (Lipinski definition) is 2. The number of imide groups is 1. The lowest BCUT2D eigenvalue weighted by atomic mass is 10.0. The normalized spacial score (nSPS) is 27.6. The highest BCUT2D eigenvalue weighted by Gasteiger charge is 2.40. The Balaban J connectivity index is 1.22. The molecule has 31 heavy (non-hydrogen) atoms. The summed E-state index contributed by atoms with van der Waals surface area (Å²) in [6, 6.07) is 6.12. The zero-order chi connectivity index (χ0) is 21.4. The maximum Gasteiger partial charge on any atom is 0.255 e. The third kappa shape index (κ3) is 4.24. The van der Waals surface area contributed by atoms with Gasteiger partial charge in [0.15, 0.2) is 0 Å². The zero-order valence-electron chi connectivity index (χ0n) is 17.9. The SMILES string of the molecule is O=C1CCC(N2Cc3cccc(CN4CCN(C[C@H]5CCCN5)CC4)c3C2=O)C(=O)N1. The van der Waals surface area contributed by atoms with Crippen LogP contribution in [0.4, 0.5) is 0 Å². The van der Waals surface area contributed by atoms with E-state index in [1.807, 2.05) is 18.2 Å². The standard InChI is InChI=1S/C23H31N5O3/c29-20-7-6-19(22(30)25-20)28-14-17-4-1-3-16(21(17)23(28)31)13-26-9-11-27(12-10-26)15-18-5-2-8-24-18/h1,3-4,18-19,24H,2,5-15H2,(H,25,29,30)/t18-,19?/m1/s1. The largest absolute Gasteiger partial charge is 0.322 e. The van der Waals surface area contributed by atoms with Crippen molar-refractivity contribution in [3.63, 3.8) is 0 Å². The van der Waals surface area contributed by atoms with Gasteiger partial charge in [-0.25, -0.2) is 0 Å². The molecule has 5 rings (SSSR count). The number of rotatable bonds is 5. The van der Waals surface area contributed by atoms with Crippen LogP contribution in [0.2, 0.25) is 0 Å². The van der Waals surface area contributed by atoms with Crippen molar-refractivity contribution in [1.82, 2.24) is 25.3 Å². The van der Waals surface area contributed by atoms with Crippen LogP contribution in [0.1, 0.15) is 47.2 Å². The first-order valence-corrected chi connectivity index (χ1v) is 11.5. The van der Waals surface area contributed by atoms with Gasteiger partial charge in [-0.3, -0.25) is 29.5 Å². The van der Waals surface area contributed by atoms with Crippen LogP contribution in [0, 0.1) is 0 Å². The second-order valence-corrected chi connectivity index (χ2v) is 9.22. The molecule has 0 radical (unpaired) electrons. The Morgan fingerprint density at radius 1 is 1.00 bits per heavy atom. The van der Waals surface area contributed by atoms with E-state index in [2.05, 4.69) is 20.4 Å². The number of amides is 3. The summed E-state index contributed by atoms with van der Waals surface area (Å²) in [4.78, 5) is 43.7. The number of nitrogens with one attached hydrogen (secondary N) is 2. The fraction of sp³-hybridized carbons (Fsp3) is 0.609. The molecule has 8 heteroatoms. The number of carbonyl (C=O) groups excluding carboxylic acids is 3. The van der Waals surface area contributed by atoms with E-state index in [1.54, 1.807) is 4.90 Å². The van der Waals surface area contributed by atoms with Gasteiger partial charge in [0, 0.05) is 63.8 Å². The minimum atomic E-state index is -0.557. The molecule has 3 amide bonds. The number of carbonyl (C=O) groups is 3. The van der Waals surface area contributed by atoms with E-state index in [0.29, 0.717) is 19.0 Å². The van der Waals surface area contributed by atoms with Crippen LogP contribution in [-0.4, -0.2) is 83.8 Å². The Kier molecular flexibility index (Phi) is 5.77. The van der Waals surface area contributed by atoms with Crippen LogP contribution in [0.25, 0.3) is 0 Å². The summed E-state index contributed by atoms with van der Waals surface area (Å²) in [5.74, 6) is -0.688. The molecule has 1 unspecified atom stereocenters. The van der Waals surface area contributed by atoms with E-state index in [-0.39, 0.29) is 24.1 Å². The van der Waals surface area contributed by atoms with Gasteiger partial charge in [-0.05, 0) is 36.9 Å². The molecule has 4 aliphatic heterocycles. The van der Waals surface area contributed by atoms with Crippen LogP contribution in [0.3, 0.4) is 0 Å². The molecule has 2 atom stereocenters. The predicted molar refractivity (Wildman–Crippen MR) is 115 cm³/mol. The summed E-state index contributed by atoms with van der Waals surface area (Å²) in [5, 5.41) is 5.95. The first kappa shape index (κ1) is 20.6. The molecule has 8 nitrogen and oxygen atoms in total. The van der Waals surface area contributed by atoms with Crippen molar-refractivity contribution in [3.8, 4) is 0 Å². The molecule has 3 saturated heterocycles. The van der Waals surface area contributed by atoms with Gasteiger partial charge in [-0.15, -0.1) is 0 Å². The van der Waals surface area contributed by atoms with Crippen molar-refractivity contribution in [3.05, 3.63) is 34.9 Å². The van der Waals surface area contributed by atoms with Crippen molar-refractivity contribution < 1.29 is 14.4 Å².